The minimum absolute atomic E-state index is 0.0387. The quantitative estimate of drug-likeness (QED) is 0.506. The highest BCUT2D eigenvalue weighted by Crippen LogP contribution is 2.48. The Bertz CT molecular complexity index is 1180. The summed E-state index contributed by atoms with van der Waals surface area (Å²) in [6.45, 7) is 0. The van der Waals surface area contributed by atoms with Crippen LogP contribution >= 0.6 is 46.4 Å². The van der Waals surface area contributed by atoms with Gasteiger partial charge in [-0.15, -0.1) is 5.10 Å². The molecular formula is C19H10Cl4N4O. The van der Waals surface area contributed by atoms with Gasteiger partial charge in [0.25, 0.3) is 0 Å². The molecule has 28 heavy (non-hydrogen) atoms. The zero-order valence-corrected chi connectivity index (χ0v) is 17.0. The second-order valence-electron chi connectivity index (χ2n) is 6.01. The largest absolute Gasteiger partial charge is 0.420 e. The summed E-state index contributed by atoms with van der Waals surface area (Å²) in [5.74, 6) is -0.412. The maximum Gasteiger partial charge on any atom is 0.244 e. The van der Waals surface area contributed by atoms with E-state index in [-0.39, 0.29) is 17.3 Å². The number of nitrogens with two attached hydrogens (primary N) is 1. The Labute approximate surface area is 180 Å². The van der Waals surface area contributed by atoms with Gasteiger partial charge in [-0.1, -0.05) is 64.6 Å². The van der Waals surface area contributed by atoms with Crippen molar-refractivity contribution in [2.75, 3.05) is 0 Å². The van der Waals surface area contributed by atoms with Crippen LogP contribution in [0.15, 0.2) is 47.9 Å². The van der Waals surface area contributed by atoms with Crippen molar-refractivity contribution in [3.05, 3.63) is 79.1 Å². The van der Waals surface area contributed by atoms with Crippen LogP contribution in [-0.2, 0) is 0 Å². The fourth-order valence-corrected chi connectivity index (χ4v) is 3.89. The van der Waals surface area contributed by atoms with Crippen LogP contribution in [0.3, 0.4) is 0 Å². The van der Waals surface area contributed by atoms with Crippen LogP contribution in [0, 0.1) is 11.3 Å². The number of benzene rings is 2. The average Bonchev–Trinajstić information content (AvgIpc) is 3.08. The lowest BCUT2D eigenvalue weighted by atomic mass is 9.83. The molecule has 3 aromatic rings. The summed E-state index contributed by atoms with van der Waals surface area (Å²) < 4.78 is 5.57. The molecule has 3 N–H and O–H groups in total. The van der Waals surface area contributed by atoms with E-state index in [1.165, 1.54) is 0 Å². The Kier molecular flexibility index (Phi) is 4.90. The predicted molar refractivity (Wildman–Crippen MR) is 110 cm³/mol. The van der Waals surface area contributed by atoms with Crippen molar-refractivity contribution in [2.45, 2.75) is 5.92 Å². The molecule has 2 heterocycles. The van der Waals surface area contributed by atoms with Crippen molar-refractivity contribution in [3.63, 3.8) is 0 Å². The van der Waals surface area contributed by atoms with Gasteiger partial charge < -0.3 is 10.5 Å². The van der Waals surface area contributed by atoms with Crippen LogP contribution in [0.4, 0.5) is 0 Å². The van der Waals surface area contributed by atoms with Crippen molar-refractivity contribution < 1.29 is 4.74 Å². The summed E-state index contributed by atoms with van der Waals surface area (Å²) in [5, 5.41) is 18.4. The van der Waals surface area contributed by atoms with Gasteiger partial charge in [-0.3, -0.25) is 5.10 Å². The third kappa shape index (κ3) is 2.99. The molecule has 5 nitrogen and oxygen atoms in total. The molecule has 0 saturated heterocycles. The number of fused-ring (bicyclic) bond motifs is 1. The van der Waals surface area contributed by atoms with Crippen LogP contribution in [0.1, 0.15) is 17.0 Å². The summed E-state index contributed by atoms with van der Waals surface area (Å²) in [4.78, 5) is 0. The number of nitrogens with zero attached hydrogens (tertiary/aromatic N) is 2. The Hall–Kier alpha value is -2.36. The molecule has 140 valence electrons. The predicted octanol–water partition coefficient (Wildman–Crippen LogP) is 5.91. The van der Waals surface area contributed by atoms with Gasteiger partial charge in [0, 0.05) is 5.56 Å². The molecule has 0 spiro atoms. The van der Waals surface area contributed by atoms with Gasteiger partial charge in [0.15, 0.2) is 0 Å². The second kappa shape index (κ2) is 7.23. The summed E-state index contributed by atoms with van der Waals surface area (Å²) in [6.07, 6.45) is 0. The van der Waals surface area contributed by atoms with Crippen molar-refractivity contribution in [3.8, 4) is 23.2 Å². The van der Waals surface area contributed by atoms with Gasteiger partial charge in [0.2, 0.25) is 11.8 Å². The Balaban J connectivity index is 1.99. The van der Waals surface area contributed by atoms with E-state index in [1.807, 2.05) is 0 Å². The topological polar surface area (TPSA) is 87.7 Å². The number of aromatic amines is 1. The smallest absolute Gasteiger partial charge is 0.244 e. The van der Waals surface area contributed by atoms with Crippen LogP contribution in [0.5, 0.6) is 5.88 Å². The maximum absolute atomic E-state index is 9.75. The molecule has 4 rings (SSSR count). The number of allylic oxidation sites excluding steroid dienone is 1. The number of hydrogen-bond acceptors (Lipinski definition) is 4. The fourth-order valence-electron chi connectivity index (χ4n) is 3.17. The van der Waals surface area contributed by atoms with E-state index in [2.05, 4.69) is 16.3 Å². The number of aromatic nitrogens is 2. The van der Waals surface area contributed by atoms with Gasteiger partial charge in [-0.2, -0.15) is 5.26 Å². The summed E-state index contributed by atoms with van der Waals surface area (Å²) in [7, 11) is 0. The Morgan fingerprint density at radius 3 is 2.57 bits per heavy atom. The van der Waals surface area contributed by atoms with Gasteiger partial charge in [-0.05, 0) is 23.8 Å². The molecule has 1 aliphatic rings. The Morgan fingerprint density at radius 2 is 1.86 bits per heavy atom. The molecule has 0 aliphatic carbocycles. The number of nitrogens with one attached hydrogen (secondary N) is 1. The lowest BCUT2D eigenvalue weighted by Crippen LogP contribution is -2.21. The van der Waals surface area contributed by atoms with Crippen LogP contribution in [0.25, 0.3) is 11.3 Å². The maximum atomic E-state index is 9.75. The number of hydrogen-bond donors (Lipinski definition) is 2. The van der Waals surface area contributed by atoms with E-state index >= 15 is 0 Å². The number of ether oxygens (including phenoxy) is 1. The minimum Gasteiger partial charge on any atom is -0.420 e. The number of H-pyrrole nitrogens is 1. The van der Waals surface area contributed by atoms with Crippen molar-refractivity contribution in [1.29, 1.82) is 5.26 Å². The lowest BCUT2D eigenvalue weighted by Gasteiger charge is -2.25. The first-order valence-corrected chi connectivity index (χ1v) is 9.48. The van der Waals surface area contributed by atoms with E-state index in [4.69, 9.17) is 56.9 Å². The summed E-state index contributed by atoms with van der Waals surface area (Å²) >= 11 is 24.9. The zero-order valence-electron chi connectivity index (χ0n) is 13.9. The highest BCUT2D eigenvalue weighted by Gasteiger charge is 2.37. The van der Waals surface area contributed by atoms with Crippen molar-refractivity contribution >= 4 is 46.4 Å². The molecule has 0 bridgehead atoms. The second-order valence-corrected chi connectivity index (χ2v) is 7.61. The van der Waals surface area contributed by atoms with Gasteiger partial charge >= 0.3 is 0 Å². The van der Waals surface area contributed by atoms with E-state index in [0.717, 1.165) is 0 Å². The molecule has 0 radical (unpaired) electrons. The zero-order chi connectivity index (χ0) is 20.0. The molecule has 0 saturated carbocycles. The molecule has 1 aromatic heterocycles. The highest BCUT2D eigenvalue weighted by atomic mass is 35.5. The van der Waals surface area contributed by atoms with Crippen LogP contribution in [0.2, 0.25) is 20.1 Å². The molecule has 1 atom stereocenters. The number of nitriles is 1. The molecular weight excluding hydrogens is 442 g/mol. The number of rotatable bonds is 2. The normalized spacial score (nSPS) is 15.8. The summed E-state index contributed by atoms with van der Waals surface area (Å²) in [5.41, 5.74) is 8.72. The third-order valence-electron chi connectivity index (χ3n) is 4.44. The van der Waals surface area contributed by atoms with Gasteiger partial charge in [0.05, 0.1) is 37.3 Å². The monoisotopic (exact) mass is 450 g/mol. The highest BCUT2D eigenvalue weighted by molar-refractivity contribution is 6.43. The lowest BCUT2D eigenvalue weighted by molar-refractivity contribution is 0.379. The van der Waals surface area contributed by atoms with E-state index in [9.17, 15) is 5.26 Å². The first-order chi connectivity index (χ1) is 13.4. The van der Waals surface area contributed by atoms with Crippen LogP contribution in [-0.4, -0.2) is 10.2 Å². The number of halogens is 4. The Morgan fingerprint density at radius 1 is 1.07 bits per heavy atom. The fraction of sp³-hybridized carbons (Fsp3) is 0.0526. The SMILES string of the molecule is N#CC1=C(N)Oc2n[nH]c(-c3ccc(Cl)c(Cl)c3)c2[C@H]1c1cccc(Cl)c1Cl. The minimum atomic E-state index is -0.622. The molecule has 0 unspecified atom stereocenters. The standard InChI is InChI=1S/C19H10Cl4N4O/c20-11-5-4-8(6-13(11)22)17-15-14(9-2-1-3-12(21)16(9)23)10(7-24)18(25)28-19(15)27-26-17/h1-6,14H,25H2,(H,26,27)/t14-/m0/s1. The summed E-state index contributed by atoms with van der Waals surface area (Å²) in [6, 6.07) is 12.5. The van der Waals surface area contributed by atoms with Crippen molar-refractivity contribution in [1.82, 2.24) is 10.2 Å². The van der Waals surface area contributed by atoms with E-state index in [0.29, 0.717) is 42.5 Å². The first kappa shape index (κ1) is 19.0. The van der Waals surface area contributed by atoms with Crippen molar-refractivity contribution in [2.24, 2.45) is 5.73 Å². The van der Waals surface area contributed by atoms with Gasteiger partial charge in [0.1, 0.15) is 11.6 Å². The van der Waals surface area contributed by atoms with Gasteiger partial charge in [-0.25, -0.2) is 0 Å². The third-order valence-corrected chi connectivity index (χ3v) is 6.01. The van der Waals surface area contributed by atoms with E-state index < -0.39 is 5.92 Å². The molecule has 9 heteroatoms. The molecule has 1 aliphatic heterocycles. The van der Waals surface area contributed by atoms with E-state index in [1.54, 1.807) is 36.4 Å². The molecule has 0 fully saturated rings. The molecule has 2 aromatic carbocycles. The first-order valence-electron chi connectivity index (χ1n) is 7.97. The average molecular weight is 452 g/mol. The molecule has 0 amide bonds. The van der Waals surface area contributed by atoms with Crippen LogP contribution < -0.4 is 10.5 Å².